The summed E-state index contributed by atoms with van der Waals surface area (Å²) in [5, 5.41) is 11.4. The minimum Gasteiger partial charge on any atom is -0.338 e. The number of carbonyl (C=O) groups excluding carboxylic acids is 2. The van der Waals surface area contributed by atoms with Crippen LogP contribution in [0.3, 0.4) is 0 Å². The van der Waals surface area contributed by atoms with E-state index in [1.807, 2.05) is 46.2 Å². The number of carbonyl (C=O) groups is 2. The van der Waals surface area contributed by atoms with Crippen molar-refractivity contribution in [2.75, 3.05) is 26.2 Å². The minimum absolute atomic E-state index is 0.00402. The van der Waals surface area contributed by atoms with Crippen LogP contribution in [0.1, 0.15) is 10.4 Å². The van der Waals surface area contributed by atoms with Crippen molar-refractivity contribution < 1.29 is 14.2 Å². The fourth-order valence-electron chi connectivity index (χ4n) is 5.02. The zero-order valence-corrected chi connectivity index (χ0v) is 19.0. The molecule has 2 aromatic heterocycles. The SMILES string of the molecule is O=C(c1ccc2n[nH]nc2c1)N1C[C@H]2CN(C(=O)[n+]3ccc(-c4ccc(Cl)cc4)cc3)C[C@@H]2C1. The van der Waals surface area contributed by atoms with Gasteiger partial charge in [0.15, 0.2) is 0 Å². The van der Waals surface area contributed by atoms with Crippen molar-refractivity contribution in [2.45, 2.75) is 0 Å². The summed E-state index contributed by atoms with van der Waals surface area (Å²) in [7, 11) is 0. The normalized spacial score (nSPS) is 19.6. The van der Waals surface area contributed by atoms with E-state index in [9.17, 15) is 9.59 Å². The number of aromatic nitrogens is 4. The molecule has 0 bridgehead atoms. The number of rotatable bonds is 2. The Kier molecular flexibility index (Phi) is 5.03. The van der Waals surface area contributed by atoms with E-state index in [1.165, 1.54) is 0 Å². The number of aromatic amines is 1. The highest BCUT2D eigenvalue weighted by Crippen LogP contribution is 2.32. The molecule has 170 valence electrons. The van der Waals surface area contributed by atoms with E-state index < -0.39 is 0 Å². The van der Waals surface area contributed by atoms with E-state index in [0.717, 1.165) is 16.6 Å². The number of fused-ring (bicyclic) bond motifs is 2. The number of H-pyrrole nitrogens is 1. The Bertz CT molecular complexity index is 1370. The van der Waals surface area contributed by atoms with Gasteiger partial charge in [-0.25, -0.2) is 4.90 Å². The summed E-state index contributed by atoms with van der Waals surface area (Å²) in [6, 6.07) is 16.8. The number of hydrogen-bond donors (Lipinski definition) is 1. The summed E-state index contributed by atoms with van der Waals surface area (Å²) < 4.78 is 1.62. The van der Waals surface area contributed by atoms with Gasteiger partial charge in [-0.1, -0.05) is 23.7 Å². The lowest BCUT2D eigenvalue weighted by Crippen LogP contribution is -2.51. The summed E-state index contributed by atoms with van der Waals surface area (Å²) in [5.74, 6) is 0.583. The number of nitrogens with zero attached hydrogens (tertiary/aromatic N) is 5. The Morgan fingerprint density at radius 1 is 0.824 bits per heavy atom. The monoisotopic (exact) mass is 473 g/mol. The molecular formula is C25H22ClN6O2+. The molecule has 2 fully saturated rings. The van der Waals surface area contributed by atoms with Gasteiger partial charge in [0.05, 0.1) is 25.5 Å². The fraction of sp³-hybridized carbons (Fsp3) is 0.240. The highest BCUT2D eigenvalue weighted by Gasteiger charge is 2.47. The van der Waals surface area contributed by atoms with Crippen molar-refractivity contribution in [1.82, 2.24) is 25.2 Å². The maximum atomic E-state index is 13.1. The van der Waals surface area contributed by atoms with Gasteiger partial charge in [-0.2, -0.15) is 24.8 Å². The molecule has 2 atom stereocenters. The van der Waals surface area contributed by atoms with Gasteiger partial charge in [0.25, 0.3) is 5.91 Å². The maximum Gasteiger partial charge on any atom is 0.497 e. The van der Waals surface area contributed by atoms with Crippen molar-refractivity contribution in [2.24, 2.45) is 11.8 Å². The second-order valence-corrected chi connectivity index (χ2v) is 9.38. The molecule has 8 nitrogen and oxygen atoms in total. The van der Waals surface area contributed by atoms with E-state index >= 15 is 0 Å². The number of amides is 2. The van der Waals surface area contributed by atoms with Gasteiger partial charge >= 0.3 is 6.03 Å². The predicted molar refractivity (Wildman–Crippen MR) is 126 cm³/mol. The van der Waals surface area contributed by atoms with Crippen LogP contribution in [0, 0.1) is 11.8 Å². The van der Waals surface area contributed by atoms with Gasteiger partial charge in [0.2, 0.25) is 0 Å². The van der Waals surface area contributed by atoms with Crippen LogP contribution in [0.25, 0.3) is 22.2 Å². The van der Waals surface area contributed by atoms with Gasteiger partial charge in [0.1, 0.15) is 11.0 Å². The first kappa shape index (κ1) is 20.8. The van der Waals surface area contributed by atoms with Crippen LogP contribution in [0.5, 0.6) is 0 Å². The van der Waals surface area contributed by atoms with E-state index in [-0.39, 0.29) is 23.8 Å². The van der Waals surface area contributed by atoms with Gasteiger partial charge in [-0.3, -0.25) is 4.79 Å². The minimum atomic E-state index is -0.0357. The molecule has 4 heterocycles. The van der Waals surface area contributed by atoms with Gasteiger partial charge in [-0.15, -0.1) is 0 Å². The zero-order valence-electron chi connectivity index (χ0n) is 18.3. The third-order valence-electron chi connectivity index (χ3n) is 6.84. The number of likely N-dealkylation sites (tertiary alicyclic amines) is 2. The lowest BCUT2D eigenvalue weighted by Gasteiger charge is -2.19. The Morgan fingerprint density at radius 2 is 1.44 bits per heavy atom. The molecule has 34 heavy (non-hydrogen) atoms. The van der Waals surface area contributed by atoms with Crippen molar-refractivity contribution in [3.05, 3.63) is 77.6 Å². The largest absolute Gasteiger partial charge is 0.497 e. The molecule has 6 rings (SSSR count). The summed E-state index contributed by atoms with van der Waals surface area (Å²) in [6.07, 6.45) is 3.60. The topological polar surface area (TPSA) is 86.1 Å². The molecule has 0 saturated carbocycles. The van der Waals surface area contributed by atoms with Gasteiger partial charge in [-0.05, 0) is 53.6 Å². The molecule has 0 aliphatic carbocycles. The Morgan fingerprint density at radius 3 is 2.15 bits per heavy atom. The van der Waals surface area contributed by atoms with E-state index in [0.29, 0.717) is 42.3 Å². The maximum absolute atomic E-state index is 13.1. The quantitative estimate of drug-likeness (QED) is 0.453. The Hall–Kier alpha value is -3.78. The molecular weight excluding hydrogens is 452 g/mol. The van der Waals surface area contributed by atoms with Crippen molar-refractivity contribution in [3.8, 4) is 11.1 Å². The predicted octanol–water partition coefficient (Wildman–Crippen LogP) is 3.24. The first-order chi connectivity index (χ1) is 16.5. The van der Waals surface area contributed by atoms with Crippen LogP contribution in [-0.2, 0) is 0 Å². The average Bonchev–Trinajstić information content (AvgIpc) is 3.58. The molecule has 2 aromatic carbocycles. The lowest BCUT2D eigenvalue weighted by molar-refractivity contribution is -0.578. The fourth-order valence-corrected chi connectivity index (χ4v) is 5.15. The first-order valence-electron chi connectivity index (χ1n) is 11.2. The van der Waals surface area contributed by atoms with E-state index in [1.54, 1.807) is 35.2 Å². The lowest BCUT2D eigenvalue weighted by atomic mass is 10.0. The van der Waals surface area contributed by atoms with Crippen LogP contribution in [0.4, 0.5) is 4.79 Å². The zero-order chi connectivity index (χ0) is 23.2. The smallest absolute Gasteiger partial charge is 0.338 e. The van der Waals surface area contributed by atoms with Crippen LogP contribution in [-0.4, -0.2) is 63.3 Å². The van der Waals surface area contributed by atoms with E-state index in [2.05, 4.69) is 15.4 Å². The molecule has 0 radical (unpaired) electrons. The molecule has 1 N–H and O–H groups in total. The second-order valence-electron chi connectivity index (χ2n) is 8.95. The summed E-state index contributed by atoms with van der Waals surface area (Å²) >= 11 is 5.97. The molecule has 4 aromatic rings. The third kappa shape index (κ3) is 3.70. The van der Waals surface area contributed by atoms with Gasteiger partial charge in [0, 0.05) is 35.5 Å². The molecule has 2 aliphatic rings. The van der Waals surface area contributed by atoms with Crippen LogP contribution >= 0.6 is 11.6 Å². The van der Waals surface area contributed by atoms with E-state index in [4.69, 9.17) is 11.6 Å². The average molecular weight is 474 g/mol. The van der Waals surface area contributed by atoms with Crippen molar-refractivity contribution in [1.29, 1.82) is 0 Å². The number of nitrogens with one attached hydrogen (secondary N) is 1. The second kappa shape index (κ2) is 8.22. The molecule has 2 amide bonds. The first-order valence-corrected chi connectivity index (χ1v) is 11.6. The summed E-state index contributed by atoms with van der Waals surface area (Å²) in [5.41, 5.74) is 4.11. The third-order valence-corrected chi connectivity index (χ3v) is 7.09. The van der Waals surface area contributed by atoms with Crippen LogP contribution in [0.15, 0.2) is 67.0 Å². The summed E-state index contributed by atoms with van der Waals surface area (Å²) in [4.78, 5) is 29.9. The molecule has 9 heteroatoms. The highest BCUT2D eigenvalue weighted by atomic mass is 35.5. The number of benzene rings is 2. The number of hydrogen-bond acceptors (Lipinski definition) is 4. The highest BCUT2D eigenvalue weighted by molar-refractivity contribution is 6.30. The molecule has 2 aliphatic heterocycles. The molecule has 0 spiro atoms. The van der Waals surface area contributed by atoms with Crippen LogP contribution in [0.2, 0.25) is 5.02 Å². The summed E-state index contributed by atoms with van der Waals surface area (Å²) in [6.45, 7) is 2.62. The number of halogens is 1. The Balaban J connectivity index is 1.10. The van der Waals surface area contributed by atoms with Gasteiger partial charge < -0.3 is 4.90 Å². The standard InChI is InChI=1S/C25H21ClN6O2/c26-21-4-1-16(2-5-21)17-7-9-30(10-8-17)25(34)32-14-19-12-31(13-20(19)15-32)24(33)18-3-6-22-23(11-18)28-29-27-22/h1-11,19-20H,12-15H2/p+1/t19-,20-/m0/s1. The van der Waals surface area contributed by atoms with Crippen LogP contribution < -0.4 is 4.57 Å². The Labute approximate surface area is 200 Å². The number of pyridine rings is 1. The molecule has 2 saturated heterocycles. The van der Waals surface area contributed by atoms with Crippen molar-refractivity contribution in [3.63, 3.8) is 0 Å². The van der Waals surface area contributed by atoms with Crippen molar-refractivity contribution >= 4 is 34.6 Å². The molecule has 0 unspecified atom stereocenters.